The Bertz CT molecular complexity index is 531. The molecule has 0 radical (unpaired) electrons. The number of halogens is 1. The zero-order valence-electron chi connectivity index (χ0n) is 8.35. The van der Waals surface area contributed by atoms with Gasteiger partial charge in [0.1, 0.15) is 11.5 Å². The van der Waals surface area contributed by atoms with Crippen LogP contribution in [0.2, 0.25) is 0 Å². The summed E-state index contributed by atoms with van der Waals surface area (Å²) in [6.07, 6.45) is 0. The van der Waals surface area contributed by atoms with Gasteiger partial charge in [0.15, 0.2) is 0 Å². The monoisotopic (exact) mass is 273 g/mol. The molecule has 0 amide bonds. The van der Waals surface area contributed by atoms with Gasteiger partial charge in [0.2, 0.25) is 0 Å². The molecule has 0 atom stereocenters. The number of nitrogens with zero attached hydrogens (tertiary/aromatic N) is 1. The number of nitriles is 1. The molecule has 0 fully saturated rings. The highest BCUT2D eigenvalue weighted by Crippen LogP contribution is 2.25. The third kappa shape index (κ3) is 2.62. The van der Waals surface area contributed by atoms with E-state index >= 15 is 0 Å². The van der Waals surface area contributed by atoms with Crippen LogP contribution in [0.15, 0.2) is 53.0 Å². The van der Waals surface area contributed by atoms with Gasteiger partial charge in [-0.15, -0.1) is 0 Å². The molecule has 2 aromatic rings. The molecule has 0 bridgehead atoms. The first-order valence-corrected chi connectivity index (χ1v) is 5.51. The maximum absolute atomic E-state index is 8.83. The average molecular weight is 274 g/mol. The number of hydrogen-bond acceptors (Lipinski definition) is 2. The molecule has 0 aliphatic carbocycles. The highest BCUT2D eigenvalue weighted by atomic mass is 79.9. The lowest BCUT2D eigenvalue weighted by Crippen LogP contribution is -1.85. The Morgan fingerprint density at radius 3 is 2.44 bits per heavy atom. The van der Waals surface area contributed by atoms with Crippen LogP contribution < -0.4 is 4.74 Å². The first-order chi connectivity index (χ1) is 7.78. The summed E-state index contributed by atoms with van der Waals surface area (Å²) in [5.74, 6) is 1.40. The zero-order chi connectivity index (χ0) is 11.4. The lowest BCUT2D eigenvalue weighted by Gasteiger charge is -2.06. The fourth-order valence-electron chi connectivity index (χ4n) is 1.31. The molecule has 0 aliphatic heterocycles. The van der Waals surface area contributed by atoms with Crippen LogP contribution in [0.3, 0.4) is 0 Å². The Kier molecular flexibility index (Phi) is 3.23. The van der Waals surface area contributed by atoms with Crippen LogP contribution in [-0.2, 0) is 0 Å². The van der Waals surface area contributed by atoms with Crippen LogP contribution in [0.4, 0.5) is 0 Å². The minimum Gasteiger partial charge on any atom is -0.457 e. The molecule has 0 unspecified atom stereocenters. The van der Waals surface area contributed by atoms with Crippen molar-refractivity contribution in [3.05, 3.63) is 58.6 Å². The molecule has 0 aromatic heterocycles. The maximum Gasteiger partial charge on any atom is 0.129 e. The second kappa shape index (κ2) is 4.82. The minimum atomic E-state index is 0.570. The largest absolute Gasteiger partial charge is 0.457 e. The van der Waals surface area contributed by atoms with Crippen LogP contribution in [0.5, 0.6) is 11.5 Å². The van der Waals surface area contributed by atoms with Gasteiger partial charge in [0, 0.05) is 4.47 Å². The van der Waals surface area contributed by atoms with Crippen molar-refractivity contribution >= 4 is 15.9 Å². The number of hydrogen-bond donors (Lipinski definition) is 0. The van der Waals surface area contributed by atoms with Crippen molar-refractivity contribution in [3.63, 3.8) is 0 Å². The summed E-state index contributed by atoms with van der Waals surface area (Å²) >= 11 is 3.34. The minimum absolute atomic E-state index is 0.570. The van der Waals surface area contributed by atoms with Crippen molar-refractivity contribution in [2.24, 2.45) is 0 Å². The van der Waals surface area contributed by atoms with Gasteiger partial charge in [-0.2, -0.15) is 5.26 Å². The summed E-state index contributed by atoms with van der Waals surface area (Å²) in [6.45, 7) is 0. The first-order valence-electron chi connectivity index (χ1n) is 4.71. The molecule has 2 aromatic carbocycles. The summed E-state index contributed by atoms with van der Waals surface area (Å²) in [5, 5.41) is 8.83. The number of para-hydroxylation sites is 1. The summed E-state index contributed by atoms with van der Waals surface area (Å²) in [6, 6.07) is 16.8. The molecular weight excluding hydrogens is 266 g/mol. The van der Waals surface area contributed by atoms with Gasteiger partial charge < -0.3 is 4.74 Å². The van der Waals surface area contributed by atoms with Crippen molar-refractivity contribution in [2.75, 3.05) is 0 Å². The Balaban J connectivity index is 2.29. The van der Waals surface area contributed by atoms with Gasteiger partial charge in [0.05, 0.1) is 11.6 Å². The molecule has 0 heterocycles. The Morgan fingerprint density at radius 2 is 1.75 bits per heavy atom. The molecule has 3 heteroatoms. The SMILES string of the molecule is N#Cc1cc(Br)cc(Oc2ccccc2)c1. The molecule has 0 aliphatic rings. The van der Waals surface area contributed by atoms with E-state index in [0.29, 0.717) is 11.3 Å². The van der Waals surface area contributed by atoms with Gasteiger partial charge >= 0.3 is 0 Å². The van der Waals surface area contributed by atoms with Crippen LogP contribution in [0.25, 0.3) is 0 Å². The first kappa shape index (κ1) is 10.7. The van der Waals surface area contributed by atoms with Crippen LogP contribution in [0.1, 0.15) is 5.56 Å². The second-order valence-corrected chi connectivity index (χ2v) is 4.12. The highest BCUT2D eigenvalue weighted by molar-refractivity contribution is 9.10. The van der Waals surface area contributed by atoms with E-state index in [4.69, 9.17) is 10.00 Å². The van der Waals surface area contributed by atoms with Gasteiger partial charge in [-0.25, -0.2) is 0 Å². The van der Waals surface area contributed by atoms with E-state index in [1.807, 2.05) is 36.4 Å². The van der Waals surface area contributed by atoms with Crippen molar-refractivity contribution < 1.29 is 4.74 Å². The third-order valence-corrected chi connectivity index (χ3v) is 2.44. The predicted octanol–water partition coefficient (Wildman–Crippen LogP) is 4.11. The van der Waals surface area contributed by atoms with Gasteiger partial charge in [-0.3, -0.25) is 0 Å². The Hall–Kier alpha value is -1.79. The van der Waals surface area contributed by atoms with E-state index in [-0.39, 0.29) is 0 Å². The molecule has 0 spiro atoms. The number of rotatable bonds is 2. The molecule has 0 saturated carbocycles. The molecular formula is C13H8BrNO. The van der Waals surface area contributed by atoms with Crippen molar-refractivity contribution in [1.82, 2.24) is 0 Å². The van der Waals surface area contributed by atoms with Crippen molar-refractivity contribution in [1.29, 1.82) is 5.26 Å². The van der Waals surface area contributed by atoms with E-state index in [0.717, 1.165) is 10.2 Å². The molecule has 2 rings (SSSR count). The third-order valence-electron chi connectivity index (χ3n) is 1.98. The fraction of sp³-hybridized carbons (Fsp3) is 0. The van der Waals surface area contributed by atoms with Crippen LogP contribution >= 0.6 is 15.9 Å². The van der Waals surface area contributed by atoms with Gasteiger partial charge in [0.25, 0.3) is 0 Å². The zero-order valence-corrected chi connectivity index (χ0v) is 9.94. The topological polar surface area (TPSA) is 33.0 Å². The smallest absolute Gasteiger partial charge is 0.129 e. The van der Waals surface area contributed by atoms with E-state index in [9.17, 15) is 0 Å². The Labute approximate surface area is 102 Å². The van der Waals surface area contributed by atoms with Crippen molar-refractivity contribution in [3.8, 4) is 17.6 Å². The maximum atomic E-state index is 8.83. The number of benzene rings is 2. The van der Waals surface area contributed by atoms with Gasteiger partial charge in [-0.1, -0.05) is 34.1 Å². The Morgan fingerprint density at radius 1 is 1.00 bits per heavy atom. The van der Waals surface area contributed by atoms with E-state index < -0.39 is 0 Å². The molecule has 0 N–H and O–H groups in total. The normalized spacial score (nSPS) is 9.50. The molecule has 0 saturated heterocycles. The molecule has 16 heavy (non-hydrogen) atoms. The summed E-state index contributed by atoms with van der Waals surface area (Å²) in [7, 11) is 0. The van der Waals surface area contributed by atoms with Crippen LogP contribution in [0, 0.1) is 11.3 Å². The van der Waals surface area contributed by atoms with Crippen LogP contribution in [-0.4, -0.2) is 0 Å². The van der Waals surface area contributed by atoms with E-state index in [2.05, 4.69) is 22.0 Å². The van der Waals surface area contributed by atoms with E-state index in [1.165, 1.54) is 0 Å². The predicted molar refractivity (Wildman–Crippen MR) is 65.4 cm³/mol. The standard InChI is InChI=1S/C13H8BrNO/c14-11-6-10(9-15)7-13(8-11)16-12-4-2-1-3-5-12/h1-8H. The summed E-state index contributed by atoms with van der Waals surface area (Å²) in [5.41, 5.74) is 0.570. The molecule has 78 valence electrons. The van der Waals surface area contributed by atoms with Gasteiger partial charge in [-0.05, 0) is 30.3 Å². The fourth-order valence-corrected chi connectivity index (χ4v) is 1.78. The quantitative estimate of drug-likeness (QED) is 0.825. The summed E-state index contributed by atoms with van der Waals surface area (Å²) < 4.78 is 6.45. The summed E-state index contributed by atoms with van der Waals surface area (Å²) in [4.78, 5) is 0. The van der Waals surface area contributed by atoms with Crippen molar-refractivity contribution in [2.45, 2.75) is 0 Å². The molecule has 2 nitrogen and oxygen atoms in total. The lowest BCUT2D eigenvalue weighted by atomic mass is 10.2. The average Bonchev–Trinajstić information content (AvgIpc) is 2.29. The lowest BCUT2D eigenvalue weighted by molar-refractivity contribution is 0.482. The van der Waals surface area contributed by atoms with E-state index in [1.54, 1.807) is 12.1 Å². The number of ether oxygens (including phenoxy) is 1. The highest BCUT2D eigenvalue weighted by Gasteiger charge is 2.01. The second-order valence-electron chi connectivity index (χ2n) is 3.20.